The maximum absolute atomic E-state index is 12.6. The summed E-state index contributed by atoms with van der Waals surface area (Å²) in [6.45, 7) is 4.54. The zero-order valence-electron chi connectivity index (χ0n) is 14.1. The molecule has 0 radical (unpaired) electrons. The van der Waals surface area contributed by atoms with E-state index in [-0.39, 0.29) is 5.91 Å². The Morgan fingerprint density at radius 1 is 1.43 bits per heavy atom. The van der Waals surface area contributed by atoms with Crippen LogP contribution in [-0.4, -0.2) is 28.6 Å². The van der Waals surface area contributed by atoms with Crippen molar-refractivity contribution in [2.24, 2.45) is 5.92 Å². The first-order chi connectivity index (χ1) is 11.1. The molecule has 0 fully saturated rings. The summed E-state index contributed by atoms with van der Waals surface area (Å²) in [5, 5.41) is 10.2. The van der Waals surface area contributed by atoms with Crippen LogP contribution >= 0.6 is 0 Å². The van der Waals surface area contributed by atoms with E-state index in [1.165, 1.54) is 19.3 Å². The third kappa shape index (κ3) is 4.56. The molecule has 4 heteroatoms. The zero-order valence-corrected chi connectivity index (χ0v) is 14.1. The number of pyridine rings is 1. The van der Waals surface area contributed by atoms with Crippen molar-refractivity contribution in [3.05, 3.63) is 23.9 Å². The molecular formula is C19H26N2O2. The average Bonchev–Trinajstić information content (AvgIpc) is 3.00. The highest BCUT2D eigenvalue weighted by Crippen LogP contribution is 2.26. The van der Waals surface area contributed by atoms with Gasteiger partial charge in [0.2, 0.25) is 5.91 Å². The molecular weight excluding hydrogens is 288 g/mol. The summed E-state index contributed by atoms with van der Waals surface area (Å²) in [6, 6.07) is 3.88. The van der Waals surface area contributed by atoms with Gasteiger partial charge >= 0.3 is 0 Å². The molecule has 1 amide bonds. The number of hydrogen-bond acceptors (Lipinski definition) is 3. The molecule has 0 saturated heterocycles. The van der Waals surface area contributed by atoms with Gasteiger partial charge in [-0.3, -0.25) is 9.69 Å². The van der Waals surface area contributed by atoms with E-state index < -0.39 is 12.0 Å². The minimum Gasteiger partial charge on any atom is -0.380 e. The predicted molar refractivity (Wildman–Crippen MR) is 92.0 cm³/mol. The van der Waals surface area contributed by atoms with Crippen LogP contribution in [0.1, 0.15) is 51.5 Å². The Balaban J connectivity index is 1.89. The number of carbonyl (C=O) groups excluding carboxylic acids is 1. The van der Waals surface area contributed by atoms with E-state index in [9.17, 15) is 9.90 Å². The molecule has 0 aromatic carbocycles. The predicted octanol–water partition coefficient (Wildman–Crippen LogP) is 2.94. The maximum Gasteiger partial charge on any atom is 0.234 e. The SMILES string of the molecule is CCCCCCC#C[C@@H](O)[C@@H](C)C(=O)N1CCc2cccnc21. The molecule has 0 aliphatic carbocycles. The topological polar surface area (TPSA) is 53.4 Å². The van der Waals surface area contributed by atoms with Gasteiger partial charge < -0.3 is 5.11 Å². The van der Waals surface area contributed by atoms with Gasteiger partial charge in [0.25, 0.3) is 0 Å². The van der Waals surface area contributed by atoms with Crippen molar-refractivity contribution < 1.29 is 9.90 Å². The summed E-state index contributed by atoms with van der Waals surface area (Å²) < 4.78 is 0. The van der Waals surface area contributed by atoms with Crippen LogP contribution in [0.5, 0.6) is 0 Å². The normalized spacial score (nSPS) is 15.5. The number of nitrogens with zero attached hydrogens (tertiary/aromatic N) is 2. The molecule has 2 atom stereocenters. The van der Waals surface area contributed by atoms with Crippen LogP contribution in [0.25, 0.3) is 0 Å². The van der Waals surface area contributed by atoms with Crippen LogP contribution in [0.15, 0.2) is 18.3 Å². The van der Waals surface area contributed by atoms with Gasteiger partial charge in [-0.05, 0) is 24.5 Å². The van der Waals surface area contributed by atoms with Gasteiger partial charge in [-0.25, -0.2) is 4.98 Å². The number of unbranched alkanes of at least 4 members (excludes halogenated alkanes) is 4. The molecule has 1 N–H and O–H groups in total. The molecule has 2 heterocycles. The zero-order chi connectivity index (χ0) is 16.7. The van der Waals surface area contributed by atoms with Crippen molar-refractivity contribution in [2.75, 3.05) is 11.4 Å². The number of amides is 1. The fourth-order valence-electron chi connectivity index (χ4n) is 2.74. The number of hydrogen-bond donors (Lipinski definition) is 1. The molecule has 1 aromatic rings. The smallest absolute Gasteiger partial charge is 0.234 e. The first-order valence-corrected chi connectivity index (χ1v) is 8.57. The third-order valence-electron chi connectivity index (χ3n) is 4.26. The first kappa shape index (κ1) is 17.5. The van der Waals surface area contributed by atoms with Crippen molar-refractivity contribution in [1.82, 2.24) is 4.98 Å². The second-order valence-electron chi connectivity index (χ2n) is 6.09. The molecule has 0 saturated carbocycles. The van der Waals surface area contributed by atoms with Crippen LogP contribution in [0.4, 0.5) is 5.82 Å². The van der Waals surface area contributed by atoms with E-state index in [4.69, 9.17) is 0 Å². The van der Waals surface area contributed by atoms with Crippen molar-refractivity contribution >= 4 is 11.7 Å². The van der Waals surface area contributed by atoms with Gasteiger partial charge in [0, 0.05) is 19.2 Å². The number of carbonyl (C=O) groups is 1. The summed E-state index contributed by atoms with van der Waals surface area (Å²) in [5.74, 6) is 5.92. The van der Waals surface area contributed by atoms with Gasteiger partial charge in [0.05, 0.1) is 5.92 Å². The summed E-state index contributed by atoms with van der Waals surface area (Å²) in [7, 11) is 0. The molecule has 23 heavy (non-hydrogen) atoms. The molecule has 4 nitrogen and oxygen atoms in total. The number of aromatic nitrogens is 1. The van der Waals surface area contributed by atoms with Crippen molar-refractivity contribution in [3.63, 3.8) is 0 Å². The average molecular weight is 314 g/mol. The van der Waals surface area contributed by atoms with Crippen molar-refractivity contribution in [1.29, 1.82) is 0 Å². The standard InChI is InChI=1S/C19H26N2O2/c1-3-4-5-6-7-8-11-17(22)15(2)19(23)21-14-12-16-10-9-13-20-18(16)21/h9-10,13,15,17,22H,3-7,12,14H2,1-2H3/t15-,17-/m1/s1. The lowest BCUT2D eigenvalue weighted by atomic mass is 10.0. The molecule has 0 spiro atoms. The van der Waals surface area contributed by atoms with Crippen LogP contribution in [-0.2, 0) is 11.2 Å². The number of anilines is 1. The summed E-state index contributed by atoms with van der Waals surface area (Å²) in [5.41, 5.74) is 1.09. The van der Waals surface area contributed by atoms with Gasteiger partial charge in [-0.1, -0.05) is 45.1 Å². The molecule has 1 aromatic heterocycles. The minimum atomic E-state index is -0.915. The fraction of sp³-hybridized carbons (Fsp3) is 0.579. The molecule has 124 valence electrons. The lowest BCUT2D eigenvalue weighted by molar-refractivity contribution is -0.124. The Bertz CT molecular complexity index is 589. The highest BCUT2D eigenvalue weighted by molar-refractivity contribution is 5.96. The Kier molecular flexibility index (Phi) is 6.61. The van der Waals surface area contributed by atoms with E-state index in [0.717, 1.165) is 30.6 Å². The monoisotopic (exact) mass is 314 g/mol. The fourth-order valence-corrected chi connectivity index (χ4v) is 2.74. The second kappa shape index (κ2) is 8.69. The molecule has 0 bridgehead atoms. The van der Waals surface area contributed by atoms with Crippen molar-refractivity contribution in [2.45, 2.75) is 58.5 Å². The van der Waals surface area contributed by atoms with Crippen LogP contribution in [0.2, 0.25) is 0 Å². The van der Waals surface area contributed by atoms with Gasteiger partial charge in [0.15, 0.2) is 0 Å². The molecule has 1 aliphatic rings. The van der Waals surface area contributed by atoms with Crippen LogP contribution in [0, 0.1) is 17.8 Å². The number of aliphatic hydroxyl groups is 1. The largest absolute Gasteiger partial charge is 0.380 e. The third-order valence-corrected chi connectivity index (χ3v) is 4.26. The maximum atomic E-state index is 12.6. The van der Waals surface area contributed by atoms with Crippen LogP contribution < -0.4 is 4.90 Å². The van der Waals surface area contributed by atoms with Gasteiger partial charge in [-0.2, -0.15) is 0 Å². The Hall–Kier alpha value is -1.86. The molecule has 0 unspecified atom stereocenters. The van der Waals surface area contributed by atoms with E-state index in [1.54, 1.807) is 18.0 Å². The summed E-state index contributed by atoms with van der Waals surface area (Å²) >= 11 is 0. The number of rotatable bonds is 6. The Morgan fingerprint density at radius 3 is 3.04 bits per heavy atom. The first-order valence-electron chi connectivity index (χ1n) is 8.57. The van der Waals surface area contributed by atoms with Gasteiger partial charge in [-0.15, -0.1) is 5.92 Å². The second-order valence-corrected chi connectivity index (χ2v) is 6.09. The minimum absolute atomic E-state index is 0.102. The quantitative estimate of drug-likeness (QED) is 0.649. The van der Waals surface area contributed by atoms with E-state index >= 15 is 0 Å². The molecule has 2 rings (SSSR count). The lowest BCUT2D eigenvalue weighted by Crippen LogP contribution is -2.38. The number of aliphatic hydroxyl groups excluding tert-OH is 1. The summed E-state index contributed by atoms with van der Waals surface area (Å²) in [6.07, 6.45) is 7.04. The highest BCUT2D eigenvalue weighted by Gasteiger charge is 2.31. The lowest BCUT2D eigenvalue weighted by Gasteiger charge is -2.21. The van der Waals surface area contributed by atoms with E-state index in [2.05, 4.69) is 23.7 Å². The van der Waals surface area contributed by atoms with Crippen molar-refractivity contribution in [3.8, 4) is 11.8 Å². The Morgan fingerprint density at radius 2 is 2.26 bits per heavy atom. The van der Waals surface area contributed by atoms with Gasteiger partial charge in [0.1, 0.15) is 11.9 Å². The molecule has 1 aliphatic heterocycles. The van der Waals surface area contributed by atoms with Crippen LogP contribution in [0.3, 0.4) is 0 Å². The summed E-state index contributed by atoms with van der Waals surface area (Å²) in [4.78, 5) is 18.5. The van der Waals surface area contributed by atoms with E-state index in [1.807, 2.05) is 12.1 Å². The Labute approximate surface area is 138 Å². The highest BCUT2D eigenvalue weighted by atomic mass is 16.3. The van der Waals surface area contributed by atoms with E-state index in [0.29, 0.717) is 6.54 Å². The number of fused-ring (bicyclic) bond motifs is 1.